The van der Waals surface area contributed by atoms with Crippen LogP contribution in [0.1, 0.15) is 31.2 Å². The van der Waals surface area contributed by atoms with Crippen molar-refractivity contribution in [2.45, 2.75) is 35.4 Å². The Morgan fingerprint density at radius 3 is 2.44 bits per heavy atom. The number of aromatic hydroxyl groups is 1. The van der Waals surface area contributed by atoms with Crippen LogP contribution in [0.15, 0.2) is 29.8 Å². The van der Waals surface area contributed by atoms with E-state index >= 15 is 0 Å². The largest absolute Gasteiger partial charge is 0.505 e. The van der Waals surface area contributed by atoms with Crippen molar-refractivity contribution in [1.29, 1.82) is 0 Å². The molecule has 1 aromatic rings. The summed E-state index contributed by atoms with van der Waals surface area (Å²) in [5.41, 5.74) is 0.682. The second-order valence-corrected chi connectivity index (χ2v) is 10.9. The first kappa shape index (κ1) is 23.8. The summed E-state index contributed by atoms with van der Waals surface area (Å²) in [6.07, 6.45) is 1.91. The van der Waals surface area contributed by atoms with E-state index in [4.69, 9.17) is 23.2 Å². The summed E-state index contributed by atoms with van der Waals surface area (Å²) in [6.45, 7) is 1.93. The van der Waals surface area contributed by atoms with Crippen molar-refractivity contribution in [3.63, 3.8) is 0 Å². The lowest BCUT2D eigenvalue weighted by Gasteiger charge is -2.50. The van der Waals surface area contributed by atoms with Gasteiger partial charge in [0.1, 0.15) is 0 Å². The zero-order valence-electron chi connectivity index (χ0n) is 17.9. The number of benzene rings is 1. The molecule has 0 spiro atoms. The van der Waals surface area contributed by atoms with Gasteiger partial charge in [-0.15, -0.1) is 23.2 Å². The predicted molar refractivity (Wildman–Crippen MR) is 124 cm³/mol. The second kappa shape index (κ2) is 7.77. The van der Waals surface area contributed by atoms with E-state index in [0.29, 0.717) is 5.57 Å². The number of allylic oxidation sites excluding steroid dienone is 2. The van der Waals surface area contributed by atoms with Gasteiger partial charge in [-0.25, -0.2) is 4.39 Å². The molecule has 0 bridgehead atoms. The van der Waals surface area contributed by atoms with Crippen LogP contribution in [0.5, 0.6) is 5.75 Å². The quantitative estimate of drug-likeness (QED) is 0.259. The van der Waals surface area contributed by atoms with Gasteiger partial charge in [0, 0.05) is 12.5 Å². The SMILES string of the molecule is CCN1C(=O)[C@H]2[C@H](CC=C3[C@H]2C[C@@]2(Cl)C(=O)N(CBr)C(=O)[C@@]2(Cl)[C@H]3c2ccc(O)c(F)c2)C1=O. The Morgan fingerprint density at radius 1 is 1.12 bits per heavy atom. The summed E-state index contributed by atoms with van der Waals surface area (Å²) in [7, 11) is 0. The number of amides is 4. The van der Waals surface area contributed by atoms with Gasteiger partial charge in [-0.05, 0) is 43.4 Å². The summed E-state index contributed by atoms with van der Waals surface area (Å²) in [5.74, 6) is -6.62. The van der Waals surface area contributed by atoms with Crippen LogP contribution >= 0.6 is 39.1 Å². The fourth-order valence-corrected chi connectivity index (χ4v) is 7.63. The summed E-state index contributed by atoms with van der Waals surface area (Å²) < 4.78 is 14.4. The van der Waals surface area contributed by atoms with Crippen LogP contribution < -0.4 is 0 Å². The predicted octanol–water partition coefficient (Wildman–Crippen LogP) is 3.26. The van der Waals surface area contributed by atoms with Crippen LogP contribution in [0.25, 0.3) is 0 Å². The summed E-state index contributed by atoms with van der Waals surface area (Å²) in [4.78, 5) is 51.3. The minimum Gasteiger partial charge on any atom is -0.505 e. The number of hydrogen-bond acceptors (Lipinski definition) is 5. The van der Waals surface area contributed by atoms with E-state index in [9.17, 15) is 28.7 Å². The Kier molecular flexibility index (Phi) is 5.43. The fourth-order valence-electron chi connectivity index (χ4n) is 6.21. The van der Waals surface area contributed by atoms with E-state index in [1.54, 1.807) is 13.0 Å². The molecule has 180 valence electrons. The molecule has 34 heavy (non-hydrogen) atoms. The number of hydrogen-bond donors (Lipinski definition) is 1. The van der Waals surface area contributed by atoms with Crippen LogP contribution in [0.3, 0.4) is 0 Å². The number of fused-ring (bicyclic) bond motifs is 4. The van der Waals surface area contributed by atoms with Crippen LogP contribution in [0.2, 0.25) is 0 Å². The van der Waals surface area contributed by atoms with Gasteiger partial charge in [-0.2, -0.15) is 0 Å². The van der Waals surface area contributed by atoms with Gasteiger partial charge < -0.3 is 5.11 Å². The summed E-state index contributed by atoms with van der Waals surface area (Å²) in [5, 5.41) is 9.72. The molecule has 11 heteroatoms. The first-order chi connectivity index (χ1) is 16.0. The van der Waals surface area contributed by atoms with Gasteiger partial charge in [0.25, 0.3) is 11.8 Å². The van der Waals surface area contributed by atoms with Gasteiger partial charge in [-0.3, -0.25) is 29.0 Å². The van der Waals surface area contributed by atoms with Crippen molar-refractivity contribution >= 4 is 62.8 Å². The molecule has 0 radical (unpaired) electrons. The van der Waals surface area contributed by atoms with E-state index in [2.05, 4.69) is 15.9 Å². The van der Waals surface area contributed by atoms with Crippen molar-refractivity contribution in [2.75, 3.05) is 12.0 Å². The number of imide groups is 2. The van der Waals surface area contributed by atoms with E-state index < -0.39 is 56.8 Å². The second-order valence-electron chi connectivity index (χ2n) is 9.12. The zero-order valence-corrected chi connectivity index (χ0v) is 21.0. The third-order valence-electron chi connectivity index (χ3n) is 7.73. The highest BCUT2D eigenvalue weighted by Crippen LogP contribution is 2.65. The Balaban J connectivity index is 1.74. The lowest BCUT2D eigenvalue weighted by molar-refractivity contribution is -0.141. The number of alkyl halides is 3. The standard InChI is InChI=1S/C23H20BrCl2FN2O5/c1-2-28-18(31)12-5-4-11-13(16(12)19(28)32)8-22(25)20(33)29(9-24)21(34)23(22,26)17(11)10-3-6-15(30)14(27)7-10/h3-4,6-7,12-13,16-17,30H,2,5,8-9H2,1H3/t12-,13+,16-,17-,22+,23-/m0/s1. The lowest BCUT2D eigenvalue weighted by atomic mass is 9.56. The molecule has 0 aromatic heterocycles. The number of nitrogens with zero attached hydrogens (tertiary/aromatic N) is 2. The number of phenolic OH excluding ortho intramolecular Hbond substituents is 1. The lowest BCUT2D eigenvalue weighted by Crippen LogP contribution is -2.60. The molecule has 2 heterocycles. The van der Waals surface area contributed by atoms with E-state index in [-0.39, 0.29) is 42.2 Å². The van der Waals surface area contributed by atoms with Crippen molar-refractivity contribution in [3.05, 3.63) is 41.2 Å². The minimum absolute atomic E-state index is 0.118. The molecule has 5 rings (SSSR count). The van der Waals surface area contributed by atoms with Crippen molar-refractivity contribution in [3.8, 4) is 5.75 Å². The van der Waals surface area contributed by atoms with Crippen LogP contribution in [0.4, 0.5) is 4.39 Å². The number of phenols is 1. The first-order valence-corrected chi connectivity index (χ1v) is 12.7. The Hall–Kier alpha value is -1.97. The molecule has 3 fully saturated rings. The molecule has 0 unspecified atom stereocenters. The Labute approximate surface area is 213 Å². The fraction of sp³-hybridized carbons (Fsp3) is 0.478. The van der Waals surface area contributed by atoms with Gasteiger partial charge in [-0.1, -0.05) is 33.6 Å². The van der Waals surface area contributed by atoms with Gasteiger partial charge in [0.15, 0.2) is 21.3 Å². The molecule has 4 aliphatic rings. The average molecular weight is 574 g/mol. The average Bonchev–Trinajstić information content (AvgIpc) is 3.13. The maximum absolute atomic E-state index is 14.4. The van der Waals surface area contributed by atoms with Crippen molar-refractivity contribution in [2.24, 2.45) is 17.8 Å². The molecule has 1 aromatic carbocycles. The maximum atomic E-state index is 14.4. The molecular formula is C23H20BrCl2FN2O5. The molecular weight excluding hydrogens is 554 g/mol. The summed E-state index contributed by atoms with van der Waals surface area (Å²) >= 11 is 17.2. The highest BCUT2D eigenvalue weighted by molar-refractivity contribution is 9.09. The van der Waals surface area contributed by atoms with Crippen molar-refractivity contribution < 1.29 is 28.7 Å². The number of rotatable bonds is 3. The molecule has 1 N–H and O–H groups in total. The van der Waals surface area contributed by atoms with Crippen LogP contribution in [-0.4, -0.2) is 60.3 Å². The highest BCUT2D eigenvalue weighted by Gasteiger charge is 2.76. The van der Waals surface area contributed by atoms with Gasteiger partial charge in [0.2, 0.25) is 11.8 Å². The minimum atomic E-state index is -1.99. The zero-order chi connectivity index (χ0) is 24.7. The topological polar surface area (TPSA) is 95.0 Å². The van der Waals surface area contributed by atoms with E-state index in [1.165, 1.54) is 11.0 Å². The molecule has 2 aliphatic carbocycles. The number of carbonyl (C=O) groups excluding carboxylic acids is 4. The molecule has 4 amide bonds. The molecule has 7 nitrogen and oxygen atoms in total. The molecule has 2 aliphatic heterocycles. The Bertz CT molecular complexity index is 1190. The van der Waals surface area contributed by atoms with Crippen LogP contribution in [0, 0.1) is 23.6 Å². The van der Waals surface area contributed by atoms with Gasteiger partial charge in [0.05, 0.1) is 17.3 Å². The normalized spacial score (nSPS) is 37.0. The monoisotopic (exact) mass is 572 g/mol. The molecule has 2 saturated heterocycles. The van der Waals surface area contributed by atoms with E-state index in [0.717, 1.165) is 17.0 Å². The van der Waals surface area contributed by atoms with Crippen LogP contribution in [-0.2, 0) is 19.2 Å². The smallest absolute Gasteiger partial charge is 0.254 e. The van der Waals surface area contributed by atoms with Gasteiger partial charge >= 0.3 is 0 Å². The molecule has 6 atom stereocenters. The highest BCUT2D eigenvalue weighted by atomic mass is 79.9. The van der Waals surface area contributed by atoms with E-state index in [1.807, 2.05) is 0 Å². The Morgan fingerprint density at radius 2 is 1.82 bits per heavy atom. The number of carbonyl (C=O) groups is 4. The molecule has 1 saturated carbocycles. The third-order valence-corrected chi connectivity index (χ3v) is 9.64. The number of halogens is 4. The third kappa shape index (κ3) is 2.74. The number of likely N-dealkylation sites (tertiary alicyclic amines) is 2. The maximum Gasteiger partial charge on any atom is 0.254 e. The summed E-state index contributed by atoms with van der Waals surface area (Å²) in [6, 6.07) is 3.63. The first-order valence-electron chi connectivity index (χ1n) is 10.9. The van der Waals surface area contributed by atoms with Crippen molar-refractivity contribution in [1.82, 2.24) is 9.80 Å².